The maximum Gasteiger partial charge on any atom is 0.239 e. The molecule has 1 saturated heterocycles. The van der Waals surface area contributed by atoms with Gasteiger partial charge in [0.25, 0.3) is 0 Å². The van der Waals surface area contributed by atoms with E-state index >= 15 is 0 Å². The van der Waals surface area contributed by atoms with Crippen LogP contribution in [-0.4, -0.2) is 51.6 Å². The molecule has 1 heterocycles. The molecule has 0 aliphatic carbocycles. The molecule has 7 nitrogen and oxygen atoms in total. The van der Waals surface area contributed by atoms with Crippen molar-refractivity contribution in [2.24, 2.45) is 5.92 Å². The van der Waals surface area contributed by atoms with E-state index in [9.17, 15) is 9.59 Å². The van der Waals surface area contributed by atoms with Crippen molar-refractivity contribution < 1.29 is 19.1 Å². The number of hydrogen-bond donors (Lipinski definition) is 3. The van der Waals surface area contributed by atoms with E-state index in [1.54, 1.807) is 43.5 Å². The number of amides is 1. The normalized spacial score (nSPS) is 14.0. The highest BCUT2D eigenvalue weighted by molar-refractivity contribution is 6.11. The number of ketones is 1. The molecule has 31 heavy (non-hydrogen) atoms. The van der Waals surface area contributed by atoms with Crippen LogP contribution in [0.1, 0.15) is 35.7 Å². The molecular formula is C24H31N3O4. The van der Waals surface area contributed by atoms with Gasteiger partial charge >= 0.3 is 0 Å². The summed E-state index contributed by atoms with van der Waals surface area (Å²) >= 11 is 0. The summed E-state index contributed by atoms with van der Waals surface area (Å²) in [6.45, 7) is 5.09. The van der Waals surface area contributed by atoms with Crippen LogP contribution >= 0.6 is 0 Å². The molecule has 0 unspecified atom stereocenters. The monoisotopic (exact) mass is 425 g/mol. The first-order chi connectivity index (χ1) is 15.1. The molecular weight excluding hydrogens is 394 g/mol. The molecule has 0 saturated carbocycles. The molecule has 2 aromatic carbocycles. The molecule has 1 amide bonds. The summed E-state index contributed by atoms with van der Waals surface area (Å²) in [4.78, 5) is 25.4. The lowest BCUT2D eigenvalue weighted by Gasteiger charge is -2.23. The minimum atomic E-state index is -0.148. The predicted octanol–water partition coefficient (Wildman–Crippen LogP) is 2.85. The highest BCUT2D eigenvalue weighted by atomic mass is 16.5. The Morgan fingerprint density at radius 2 is 1.84 bits per heavy atom. The number of carbonyl (C=O) groups excluding carboxylic acids is 2. The van der Waals surface area contributed by atoms with Gasteiger partial charge in [-0.1, -0.05) is 6.07 Å². The van der Waals surface area contributed by atoms with Crippen LogP contribution in [0.2, 0.25) is 0 Å². The number of carbonyl (C=O) groups is 2. The van der Waals surface area contributed by atoms with Crippen LogP contribution in [0.5, 0.6) is 11.5 Å². The first-order valence-electron chi connectivity index (χ1n) is 10.8. The summed E-state index contributed by atoms with van der Waals surface area (Å²) < 4.78 is 11.0. The van der Waals surface area contributed by atoms with E-state index in [4.69, 9.17) is 9.47 Å². The molecule has 1 fully saturated rings. The third-order valence-corrected chi connectivity index (χ3v) is 5.39. The second kappa shape index (κ2) is 11.4. The molecule has 0 radical (unpaired) electrons. The number of anilines is 1. The van der Waals surface area contributed by atoms with Crippen molar-refractivity contribution in [3.05, 3.63) is 53.6 Å². The number of rotatable bonds is 10. The minimum Gasteiger partial charge on any atom is -0.497 e. The van der Waals surface area contributed by atoms with Gasteiger partial charge in [0.05, 0.1) is 31.5 Å². The van der Waals surface area contributed by atoms with Crippen molar-refractivity contribution in [1.82, 2.24) is 10.6 Å². The molecule has 3 N–H and O–H groups in total. The van der Waals surface area contributed by atoms with Crippen molar-refractivity contribution in [3.63, 3.8) is 0 Å². The largest absolute Gasteiger partial charge is 0.497 e. The second-order valence-corrected chi connectivity index (χ2v) is 7.52. The van der Waals surface area contributed by atoms with Gasteiger partial charge in [-0.2, -0.15) is 0 Å². The average Bonchev–Trinajstić information content (AvgIpc) is 2.82. The van der Waals surface area contributed by atoms with E-state index in [1.807, 2.05) is 13.0 Å². The quantitative estimate of drug-likeness (QED) is 0.508. The standard InChI is InChI=1S/C24H31N3O4/c1-3-31-24-20(23(29)18-7-9-19(30-2)10-8-18)5-4-6-21(24)26-16-22(28)27-15-17-11-13-25-14-12-17/h4-10,17,25-26H,3,11-16H2,1-2H3,(H,27,28). The molecule has 0 bridgehead atoms. The third kappa shape index (κ3) is 6.21. The van der Waals surface area contributed by atoms with E-state index in [2.05, 4.69) is 16.0 Å². The zero-order valence-corrected chi connectivity index (χ0v) is 18.2. The van der Waals surface area contributed by atoms with Crippen molar-refractivity contribution in [1.29, 1.82) is 0 Å². The fraction of sp³-hybridized carbons (Fsp3) is 0.417. The Kier molecular flexibility index (Phi) is 8.29. The van der Waals surface area contributed by atoms with Crippen LogP contribution < -0.4 is 25.4 Å². The van der Waals surface area contributed by atoms with Crippen LogP contribution in [0, 0.1) is 5.92 Å². The predicted molar refractivity (Wildman–Crippen MR) is 121 cm³/mol. The van der Waals surface area contributed by atoms with Gasteiger partial charge in [0.1, 0.15) is 5.75 Å². The van der Waals surface area contributed by atoms with Gasteiger partial charge < -0.3 is 25.4 Å². The molecule has 1 aliphatic rings. The Hall–Kier alpha value is -3.06. The highest BCUT2D eigenvalue weighted by Crippen LogP contribution is 2.31. The SMILES string of the molecule is CCOc1c(NCC(=O)NCC2CCNCC2)cccc1C(=O)c1ccc(OC)cc1. The zero-order valence-electron chi connectivity index (χ0n) is 18.2. The van der Waals surface area contributed by atoms with Crippen molar-refractivity contribution in [2.45, 2.75) is 19.8 Å². The van der Waals surface area contributed by atoms with Crippen LogP contribution in [-0.2, 0) is 4.79 Å². The Bertz CT molecular complexity index is 877. The molecule has 0 spiro atoms. The number of piperidine rings is 1. The number of para-hydroxylation sites is 1. The highest BCUT2D eigenvalue weighted by Gasteiger charge is 2.19. The summed E-state index contributed by atoms with van der Waals surface area (Å²) in [5.74, 6) is 1.44. The molecule has 3 rings (SSSR count). The minimum absolute atomic E-state index is 0.0761. The van der Waals surface area contributed by atoms with Crippen LogP contribution in [0.3, 0.4) is 0 Å². The fourth-order valence-corrected chi connectivity index (χ4v) is 3.63. The zero-order chi connectivity index (χ0) is 22.1. The number of hydrogen-bond acceptors (Lipinski definition) is 6. The lowest BCUT2D eigenvalue weighted by Crippen LogP contribution is -2.38. The molecule has 2 aromatic rings. The number of benzene rings is 2. The molecule has 7 heteroatoms. The van der Waals surface area contributed by atoms with Gasteiger partial charge in [0.2, 0.25) is 5.91 Å². The third-order valence-electron chi connectivity index (χ3n) is 5.39. The fourth-order valence-electron chi connectivity index (χ4n) is 3.63. The topological polar surface area (TPSA) is 88.7 Å². The maximum atomic E-state index is 13.1. The summed E-state index contributed by atoms with van der Waals surface area (Å²) in [5, 5.41) is 9.45. The summed E-state index contributed by atoms with van der Waals surface area (Å²) in [6.07, 6.45) is 2.16. The Labute approximate surface area is 183 Å². The Morgan fingerprint density at radius 1 is 1.10 bits per heavy atom. The first kappa shape index (κ1) is 22.6. The van der Waals surface area contributed by atoms with Crippen LogP contribution in [0.15, 0.2) is 42.5 Å². The van der Waals surface area contributed by atoms with Gasteiger partial charge in [-0.05, 0) is 75.2 Å². The Balaban J connectivity index is 1.67. The van der Waals surface area contributed by atoms with E-state index < -0.39 is 0 Å². The Morgan fingerprint density at radius 3 is 2.52 bits per heavy atom. The van der Waals surface area contributed by atoms with Crippen molar-refractivity contribution in [3.8, 4) is 11.5 Å². The second-order valence-electron chi connectivity index (χ2n) is 7.52. The van der Waals surface area contributed by atoms with Crippen molar-refractivity contribution in [2.75, 3.05) is 45.2 Å². The molecule has 1 aliphatic heterocycles. The van der Waals surface area contributed by atoms with Crippen molar-refractivity contribution >= 4 is 17.4 Å². The summed E-state index contributed by atoms with van der Waals surface area (Å²) in [6, 6.07) is 12.3. The number of nitrogens with one attached hydrogen (secondary N) is 3. The number of methoxy groups -OCH3 is 1. The van der Waals surface area contributed by atoms with Gasteiger partial charge in [-0.3, -0.25) is 9.59 Å². The summed E-state index contributed by atoms with van der Waals surface area (Å²) in [5.41, 5.74) is 1.61. The smallest absolute Gasteiger partial charge is 0.239 e. The van der Waals surface area contributed by atoms with Gasteiger partial charge in [-0.25, -0.2) is 0 Å². The summed E-state index contributed by atoms with van der Waals surface area (Å²) in [7, 11) is 1.59. The van der Waals surface area contributed by atoms with Crippen LogP contribution in [0.25, 0.3) is 0 Å². The van der Waals surface area contributed by atoms with E-state index in [0.717, 1.165) is 25.9 Å². The van der Waals surface area contributed by atoms with E-state index in [-0.39, 0.29) is 18.2 Å². The molecule has 0 aromatic heterocycles. The van der Waals surface area contributed by atoms with Gasteiger partial charge in [-0.15, -0.1) is 0 Å². The van der Waals surface area contributed by atoms with Gasteiger partial charge in [0, 0.05) is 12.1 Å². The molecule has 166 valence electrons. The van der Waals surface area contributed by atoms with Gasteiger partial charge in [0.15, 0.2) is 11.5 Å². The molecule has 0 atom stereocenters. The lowest BCUT2D eigenvalue weighted by atomic mass is 9.98. The maximum absolute atomic E-state index is 13.1. The number of ether oxygens (including phenoxy) is 2. The van der Waals surface area contributed by atoms with E-state index in [0.29, 0.717) is 47.4 Å². The van der Waals surface area contributed by atoms with E-state index in [1.165, 1.54) is 0 Å². The lowest BCUT2D eigenvalue weighted by molar-refractivity contribution is -0.119. The first-order valence-corrected chi connectivity index (χ1v) is 10.8. The average molecular weight is 426 g/mol. The van der Waals surface area contributed by atoms with Crippen LogP contribution in [0.4, 0.5) is 5.69 Å².